The van der Waals surface area contributed by atoms with Crippen LogP contribution in [0.3, 0.4) is 0 Å². The van der Waals surface area contributed by atoms with E-state index in [0.29, 0.717) is 0 Å². The molecular weight excluding hydrogens is 370 g/mol. The molecule has 0 spiro atoms. The van der Waals surface area contributed by atoms with Crippen molar-refractivity contribution in [3.63, 3.8) is 0 Å². The van der Waals surface area contributed by atoms with E-state index in [1.807, 2.05) is 29.0 Å². The summed E-state index contributed by atoms with van der Waals surface area (Å²) in [7, 11) is 0. The topological polar surface area (TPSA) is 63.0 Å². The Kier molecular flexibility index (Phi) is 4.12. The van der Waals surface area contributed by atoms with Gasteiger partial charge in [-0.1, -0.05) is 6.07 Å². The Morgan fingerprint density at radius 3 is 2.33 bits per heavy atom. The van der Waals surface area contributed by atoms with E-state index in [-0.39, 0.29) is 0 Å². The average molecular weight is 386 g/mol. The fraction of sp³-hybridized carbons (Fsp3) is 0.250. The highest BCUT2D eigenvalue weighted by atomic mass is 79.9. The van der Waals surface area contributed by atoms with Crippen molar-refractivity contribution >= 4 is 27.7 Å². The van der Waals surface area contributed by atoms with Gasteiger partial charge in [0.1, 0.15) is 18.0 Å². The first-order valence-corrected chi connectivity index (χ1v) is 8.52. The van der Waals surface area contributed by atoms with Crippen LogP contribution in [0.5, 0.6) is 0 Å². The van der Waals surface area contributed by atoms with Gasteiger partial charge in [0.15, 0.2) is 0 Å². The molecule has 4 rings (SSSR count). The number of hydrogen-bond donors (Lipinski definition) is 0. The highest BCUT2D eigenvalue weighted by Crippen LogP contribution is 2.18. The van der Waals surface area contributed by atoms with Gasteiger partial charge in [-0.25, -0.2) is 19.9 Å². The van der Waals surface area contributed by atoms with Crippen LogP contribution in [0.2, 0.25) is 0 Å². The lowest BCUT2D eigenvalue weighted by molar-refractivity contribution is 0.634. The molecule has 0 saturated carbocycles. The molecule has 0 amide bonds. The summed E-state index contributed by atoms with van der Waals surface area (Å²) in [4.78, 5) is 22.0. The van der Waals surface area contributed by atoms with Crippen molar-refractivity contribution in [2.75, 3.05) is 36.0 Å². The fourth-order valence-corrected chi connectivity index (χ4v) is 2.94. The zero-order chi connectivity index (χ0) is 16.4. The molecule has 0 radical (unpaired) electrons. The molecule has 1 aliphatic rings. The second-order valence-electron chi connectivity index (χ2n) is 5.50. The molecule has 0 N–H and O–H groups in total. The van der Waals surface area contributed by atoms with E-state index < -0.39 is 0 Å². The van der Waals surface area contributed by atoms with Gasteiger partial charge in [0.05, 0.1) is 4.47 Å². The Labute approximate surface area is 148 Å². The molecule has 0 atom stereocenters. The third-order valence-electron chi connectivity index (χ3n) is 3.98. The molecule has 122 valence electrons. The number of piperazine rings is 1. The Bertz CT molecular complexity index is 796. The van der Waals surface area contributed by atoms with Gasteiger partial charge in [-0.3, -0.25) is 4.57 Å². The molecule has 0 bridgehead atoms. The molecule has 3 aromatic heterocycles. The van der Waals surface area contributed by atoms with Gasteiger partial charge in [-0.15, -0.1) is 0 Å². The lowest BCUT2D eigenvalue weighted by Gasteiger charge is -2.35. The molecule has 24 heavy (non-hydrogen) atoms. The van der Waals surface area contributed by atoms with E-state index in [0.717, 1.165) is 48.2 Å². The maximum absolute atomic E-state index is 4.74. The summed E-state index contributed by atoms with van der Waals surface area (Å²) in [5.41, 5.74) is 0. The first-order chi connectivity index (χ1) is 11.8. The van der Waals surface area contributed by atoms with Crippen LogP contribution in [0.25, 0.3) is 5.82 Å². The lowest BCUT2D eigenvalue weighted by atomic mass is 10.3. The van der Waals surface area contributed by atoms with E-state index >= 15 is 0 Å². The Balaban J connectivity index is 1.46. The number of imidazole rings is 1. The number of rotatable bonds is 3. The molecule has 4 heterocycles. The Morgan fingerprint density at radius 1 is 0.917 bits per heavy atom. The van der Waals surface area contributed by atoms with Crippen molar-refractivity contribution < 1.29 is 0 Å². The standard InChI is InChI=1S/C16H16BrN7/c17-13-10-19-16(20-11-13)23-8-6-22(7-9-23)14-2-1-3-15(21-14)24-5-4-18-12-24/h1-5,10-12H,6-9H2. The predicted molar refractivity (Wildman–Crippen MR) is 95.5 cm³/mol. The molecule has 1 fully saturated rings. The minimum absolute atomic E-state index is 0.776. The SMILES string of the molecule is Brc1cnc(N2CCN(c3cccc(-n4ccnc4)n3)CC2)nc1. The van der Waals surface area contributed by atoms with Crippen molar-refractivity contribution in [3.8, 4) is 5.82 Å². The van der Waals surface area contributed by atoms with Gasteiger partial charge >= 0.3 is 0 Å². The second kappa shape index (κ2) is 6.56. The van der Waals surface area contributed by atoms with Crippen molar-refractivity contribution in [2.45, 2.75) is 0 Å². The summed E-state index contributed by atoms with van der Waals surface area (Å²) in [6.45, 7) is 3.52. The van der Waals surface area contributed by atoms with Crippen LogP contribution < -0.4 is 9.80 Å². The smallest absolute Gasteiger partial charge is 0.225 e. The zero-order valence-electron chi connectivity index (χ0n) is 13.0. The number of hydrogen-bond acceptors (Lipinski definition) is 6. The minimum Gasteiger partial charge on any atom is -0.353 e. The molecule has 3 aromatic rings. The van der Waals surface area contributed by atoms with E-state index in [2.05, 4.69) is 40.7 Å². The summed E-state index contributed by atoms with van der Waals surface area (Å²) in [5, 5.41) is 0. The maximum Gasteiger partial charge on any atom is 0.225 e. The number of pyridine rings is 1. The van der Waals surface area contributed by atoms with E-state index in [1.54, 1.807) is 24.9 Å². The first kappa shape index (κ1) is 15.1. The maximum atomic E-state index is 4.74. The fourth-order valence-electron chi connectivity index (χ4n) is 2.73. The molecule has 1 aliphatic heterocycles. The van der Waals surface area contributed by atoms with Gasteiger partial charge in [0.25, 0.3) is 0 Å². The van der Waals surface area contributed by atoms with Crippen molar-refractivity contribution in [2.24, 2.45) is 0 Å². The zero-order valence-corrected chi connectivity index (χ0v) is 14.5. The van der Waals surface area contributed by atoms with Crippen molar-refractivity contribution in [1.29, 1.82) is 0 Å². The molecule has 0 aliphatic carbocycles. The van der Waals surface area contributed by atoms with Crippen LogP contribution in [0.1, 0.15) is 0 Å². The molecule has 8 heteroatoms. The van der Waals surface area contributed by atoms with Crippen LogP contribution in [0.4, 0.5) is 11.8 Å². The molecule has 0 unspecified atom stereocenters. The van der Waals surface area contributed by atoms with Gasteiger partial charge in [-0.2, -0.15) is 0 Å². The van der Waals surface area contributed by atoms with Gasteiger partial charge in [0, 0.05) is 51.0 Å². The Morgan fingerprint density at radius 2 is 1.62 bits per heavy atom. The van der Waals surface area contributed by atoms with E-state index in [4.69, 9.17) is 4.98 Å². The summed E-state index contributed by atoms with van der Waals surface area (Å²) in [6, 6.07) is 6.06. The largest absolute Gasteiger partial charge is 0.353 e. The normalized spacial score (nSPS) is 14.9. The van der Waals surface area contributed by atoms with Crippen LogP contribution in [-0.2, 0) is 0 Å². The third kappa shape index (κ3) is 3.09. The van der Waals surface area contributed by atoms with Crippen LogP contribution in [-0.4, -0.2) is 50.7 Å². The molecule has 1 saturated heterocycles. The van der Waals surface area contributed by atoms with E-state index in [9.17, 15) is 0 Å². The van der Waals surface area contributed by atoms with Crippen molar-refractivity contribution in [1.82, 2.24) is 24.5 Å². The summed E-state index contributed by atoms with van der Waals surface area (Å²) in [6.07, 6.45) is 8.98. The summed E-state index contributed by atoms with van der Waals surface area (Å²) >= 11 is 3.37. The highest BCUT2D eigenvalue weighted by Gasteiger charge is 2.20. The average Bonchev–Trinajstić information content (AvgIpc) is 3.17. The lowest BCUT2D eigenvalue weighted by Crippen LogP contribution is -2.47. The molecule has 0 aromatic carbocycles. The number of halogens is 1. The minimum atomic E-state index is 0.776. The number of aromatic nitrogens is 5. The summed E-state index contributed by atoms with van der Waals surface area (Å²) in [5.74, 6) is 2.64. The highest BCUT2D eigenvalue weighted by molar-refractivity contribution is 9.10. The van der Waals surface area contributed by atoms with Gasteiger partial charge in [0.2, 0.25) is 5.95 Å². The quantitative estimate of drug-likeness (QED) is 0.688. The van der Waals surface area contributed by atoms with Crippen LogP contribution >= 0.6 is 15.9 Å². The summed E-state index contributed by atoms with van der Waals surface area (Å²) < 4.78 is 2.81. The van der Waals surface area contributed by atoms with Crippen LogP contribution in [0, 0.1) is 0 Å². The van der Waals surface area contributed by atoms with Gasteiger partial charge in [-0.05, 0) is 28.1 Å². The molecular formula is C16H16BrN7. The number of nitrogens with zero attached hydrogens (tertiary/aromatic N) is 7. The molecule has 7 nitrogen and oxygen atoms in total. The predicted octanol–water partition coefficient (Wildman–Crippen LogP) is 2.15. The van der Waals surface area contributed by atoms with Gasteiger partial charge < -0.3 is 9.80 Å². The van der Waals surface area contributed by atoms with E-state index in [1.165, 1.54) is 0 Å². The number of anilines is 2. The van der Waals surface area contributed by atoms with Crippen LogP contribution in [0.15, 0.2) is 53.8 Å². The van der Waals surface area contributed by atoms with Crippen molar-refractivity contribution in [3.05, 3.63) is 53.8 Å². The third-order valence-corrected chi connectivity index (χ3v) is 4.39. The monoisotopic (exact) mass is 385 g/mol. The first-order valence-electron chi connectivity index (χ1n) is 7.72. The second-order valence-corrected chi connectivity index (χ2v) is 6.41. The Hall–Kier alpha value is -2.48.